The molecule has 0 atom stereocenters. The van der Waals surface area contributed by atoms with Crippen LogP contribution in [0.4, 0.5) is 5.69 Å². The van der Waals surface area contributed by atoms with Gasteiger partial charge in [-0.25, -0.2) is 0 Å². The molecule has 19 heavy (non-hydrogen) atoms. The molecule has 0 bridgehead atoms. The molecule has 1 aliphatic heterocycles. The highest BCUT2D eigenvalue weighted by Crippen LogP contribution is 2.32. The molecule has 5 heteroatoms. The monoisotopic (exact) mass is 260 g/mol. The number of aryl methyl sites for hydroxylation is 1. The van der Waals surface area contributed by atoms with Gasteiger partial charge in [0.25, 0.3) is 5.91 Å². The van der Waals surface area contributed by atoms with E-state index in [-0.39, 0.29) is 25.0 Å². The number of benzene rings is 1. The van der Waals surface area contributed by atoms with Gasteiger partial charge in [-0.3, -0.25) is 14.5 Å². The minimum atomic E-state index is -0.220. The number of carbonyl (C=O) groups is 2. The Labute approximate surface area is 111 Å². The van der Waals surface area contributed by atoms with Gasteiger partial charge in [-0.05, 0) is 24.6 Å². The van der Waals surface area contributed by atoms with Crippen molar-refractivity contribution in [3.05, 3.63) is 36.4 Å². The molecule has 1 aromatic rings. The Morgan fingerprint density at radius 3 is 3.11 bits per heavy atom. The molecule has 1 N–H and O–H groups in total. The van der Waals surface area contributed by atoms with Crippen LogP contribution < -0.4 is 15.0 Å². The fourth-order valence-electron chi connectivity index (χ4n) is 1.87. The van der Waals surface area contributed by atoms with Gasteiger partial charge < -0.3 is 10.1 Å². The second-order valence-electron chi connectivity index (χ2n) is 4.33. The summed E-state index contributed by atoms with van der Waals surface area (Å²) in [6, 6.07) is 5.56. The molecule has 0 unspecified atom stereocenters. The van der Waals surface area contributed by atoms with Crippen molar-refractivity contribution in [2.24, 2.45) is 0 Å². The normalized spacial score (nSPS) is 13.5. The van der Waals surface area contributed by atoms with E-state index >= 15 is 0 Å². The van der Waals surface area contributed by atoms with Gasteiger partial charge in [0.2, 0.25) is 5.91 Å². The summed E-state index contributed by atoms with van der Waals surface area (Å²) in [5, 5.41) is 2.65. The summed E-state index contributed by atoms with van der Waals surface area (Å²) in [6.45, 7) is 5.80. The second-order valence-corrected chi connectivity index (χ2v) is 4.33. The van der Waals surface area contributed by atoms with Crippen LogP contribution in [-0.2, 0) is 9.59 Å². The van der Waals surface area contributed by atoms with Crippen LogP contribution in [0.1, 0.15) is 5.56 Å². The maximum atomic E-state index is 11.9. The number of anilines is 1. The maximum Gasteiger partial charge on any atom is 0.265 e. The van der Waals surface area contributed by atoms with E-state index in [1.807, 2.05) is 25.1 Å². The van der Waals surface area contributed by atoms with Crippen molar-refractivity contribution in [3.8, 4) is 5.75 Å². The van der Waals surface area contributed by atoms with Gasteiger partial charge in [0.05, 0.1) is 5.69 Å². The van der Waals surface area contributed by atoms with Gasteiger partial charge in [0, 0.05) is 6.54 Å². The Bertz CT molecular complexity index is 525. The minimum Gasteiger partial charge on any atom is -0.482 e. The molecule has 0 saturated heterocycles. The molecule has 1 heterocycles. The number of nitrogens with one attached hydrogen (secondary N) is 1. The number of hydrogen-bond donors (Lipinski definition) is 1. The van der Waals surface area contributed by atoms with Crippen LogP contribution in [0.25, 0.3) is 0 Å². The Hall–Kier alpha value is -2.30. The average molecular weight is 260 g/mol. The number of ether oxygens (including phenoxy) is 1. The van der Waals surface area contributed by atoms with Gasteiger partial charge >= 0.3 is 0 Å². The van der Waals surface area contributed by atoms with Gasteiger partial charge in [-0.15, -0.1) is 6.58 Å². The Balaban J connectivity index is 2.20. The van der Waals surface area contributed by atoms with E-state index in [1.54, 1.807) is 6.08 Å². The van der Waals surface area contributed by atoms with E-state index in [1.165, 1.54) is 4.90 Å². The number of nitrogens with zero attached hydrogens (tertiary/aromatic N) is 1. The molecule has 0 spiro atoms. The molecule has 0 saturated carbocycles. The number of rotatable bonds is 4. The number of hydrogen-bond acceptors (Lipinski definition) is 3. The highest BCUT2D eigenvalue weighted by molar-refractivity contribution is 6.02. The first-order valence-electron chi connectivity index (χ1n) is 6.03. The maximum absolute atomic E-state index is 11.9. The summed E-state index contributed by atoms with van der Waals surface area (Å²) in [4.78, 5) is 25.0. The third kappa shape index (κ3) is 2.93. The molecule has 0 aromatic heterocycles. The summed E-state index contributed by atoms with van der Waals surface area (Å²) in [5.41, 5.74) is 1.65. The Morgan fingerprint density at radius 1 is 1.58 bits per heavy atom. The van der Waals surface area contributed by atoms with E-state index in [2.05, 4.69) is 11.9 Å². The molecule has 100 valence electrons. The van der Waals surface area contributed by atoms with Crippen molar-refractivity contribution >= 4 is 17.5 Å². The molecular weight excluding hydrogens is 244 g/mol. The lowest BCUT2D eigenvalue weighted by Crippen LogP contribution is -2.45. The lowest BCUT2D eigenvalue weighted by Gasteiger charge is -2.29. The Kier molecular flexibility index (Phi) is 3.85. The first-order chi connectivity index (χ1) is 9.11. The van der Waals surface area contributed by atoms with Crippen LogP contribution in [-0.4, -0.2) is 31.5 Å². The van der Waals surface area contributed by atoms with Crippen LogP contribution in [0.15, 0.2) is 30.9 Å². The highest BCUT2D eigenvalue weighted by Gasteiger charge is 2.27. The first kappa shape index (κ1) is 13.1. The SMILES string of the molecule is C=CCNC(=O)CN1C(=O)COc2ccc(C)cc21. The van der Waals surface area contributed by atoms with E-state index in [0.29, 0.717) is 18.0 Å². The van der Waals surface area contributed by atoms with Crippen molar-refractivity contribution < 1.29 is 14.3 Å². The van der Waals surface area contributed by atoms with Crippen molar-refractivity contribution in [1.29, 1.82) is 0 Å². The highest BCUT2D eigenvalue weighted by atomic mass is 16.5. The smallest absolute Gasteiger partial charge is 0.265 e. The van der Waals surface area contributed by atoms with Gasteiger partial charge in [0.1, 0.15) is 12.3 Å². The molecule has 1 aromatic carbocycles. The van der Waals surface area contributed by atoms with Crippen LogP contribution in [0.3, 0.4) is 0 Å². The van der Waals surface area contributed by atoms with Crippen LogP contribution >= 0.6 is 0 Å². The largest absolute Gasteiger partial charge is 0.482 e. The topological polar surface area (TPSA) is 58.6 Å². The lowest BCUT2D eigenvalue weighted by atomic mass is 10.1. The van der Waals surface area contributed by atoms with Crippen LogP contribution in [0.5, 0.6) is 5.75 Å². The zero-order valence-corrected chi connectivity index (χ0v) is 10.8. The quantitative estimate of drug-likeness (QED) is 0.822. The second kappa shape index (κ2) is 5.56. The predicted molar refractivity (Wildman–Crippen MR) is 72.2 cm³/mol. The summed E-state index contributed by atoms with van der Waals surface area (Å²) in [5.74, 6) is 0.191. The summed E-state index contributed by atoms with van der Waals surface area (Å²) in [7, 11) is 0. The first-order valence-corrected chi connectivity index (χ1v) is 6.03. The molecule has 2 rings (SSSR count). The van der Waals surface area contributed by atoms with Crippen LogP contribution in [0.2, 0.25) is 0 Å². The zero-order valence-electron chi connectivity index (χ0n) is 10.8. The van der Waals surface area contributed by atoms with E-state index < -0.39 is 0 Å². The van der Waals surface area contributed by atoms with Crippen molar-refractivity contribution in [2.45, 2.75) is 6.92 Å². The fourth-order valence-corrected chi connectivity index (χ4v) is 1.87. The molecular formula is C14H16N2O3. The standard InChI is InChI=1S/C14H16N2O3/c1-3-6-15-13(17)8-16-11-7-10(2)4-5-12(11)19-9-14(16)18/h3-5,7H,1,6,8-9H2,2H3,(H,15,17). The van der Waals surface area contributed by atoms with Gasteiger partial charge in [0.15, 0.2) is 6.61 Å². The Morgan fingerprint density at radius 2 is 2.37 bits per heavy atom. The predicted octanol–water partition coefficient (Wildman–Crippen LogP) is 1.02. The molecule has 5 nitrogen and oxygen atoms in total. The zero-order chi connectivity index (χ0) is 13.8. The third-order valence-electron chi connectivity index (χ3n) is 2.80. The third-order valence-corrected chi connectivity index (χ3v) is 2.80. The lowest BCUT2D eigenvalue weighted by molar-refractivity contribution is -0.125. The summed E-state index contributed by atoms with van der Waals surface area (Å²) >= 11 is 0. The van der Waals surface area contributed by atoms with Gasteiger partial charge in [-0.2, -0.15) is 0 Å². The molecule has 0 aliphatic carbocycles. The molecule has 0 radical (unpaired) electrons. The minimum absolute atomic E-state index is 0.00745. The number of amides is 2. The average Bonchev–Trinajstić information content (AvgIpc) is 2.40. The van der Waals surface area contributed by atoms with Crippen molar-refractivity contribution in [3.63, 3.8) is 0 Å². The van der Waals surface area contributed by atoms with E-state index in [9.17, 15) is 9.59 Å². The van der Waals surface area contributed by atoms with Gasteiger partial charge in [-0.1, -0.05) is 12.1 Å². The van der Waals surface area contributed by atoms with Crippen molar-refractivity contribution in [1.82, 2.24) is 5.32 Å². The number of carbonyl (C=O) groups excluding carboxylic acids is 2. The molecule has 0 fully saturated rings. The summed E-state index contributed by atoms with van der Waals surface area (Å²) < 4.78 is 5.34. The molecule has 1 aliphatic rings. The van der Waals surface area contributed by atoms with Crippen molar-refractivity contribution in [2.75, 3.05) is 24.6 Å². The van der Waals surface area contributed by atoms with E-state index in [0.717, 1.165) is 5.56 Å². The van der Waals surface area contributed by atoms with Crippen LogP contribution in [0, 0.1) is 6.92 Å². The summed E-state index contributed by atoms with van der Waals surface area (Å²) in [6.07, 6.45) is 1.59. The number of fused-ring (bicyclic) bond motifs is 1. The van der Waals surface area contributed by atoms with E-state index in [4.69, 9.17) is 4.74 Å². The molecule has 2 amide bonds. The fraction of sp³-hybridized carbons (Fsp3) is 0.286.